The fraction of sp³-hybridized carbons (Fsp3) is 0.222. The lowest BCUT2D eigenvalue weighted by Gasteiger charge is -2.19. The van der Waals surface area contributed by atoms with Crippen LogP contribution in [0.25, 0.3) is 28.2 Å². The number of anilines is 1. The zero-order valence-electron chi connectivity index (χ0n) is 14.2. The van der Waals surface area contributed by atoms with E-state index in [-0.39, 0.29) is 0 Å². The van der Waals surface area contributed by atoms with Crippen molar-refractivity contribution >= 4 is 61.7 Å². The molecule has 0 atom stereocenters. The predicted octanol–water partition coefficient (Wildman–Crippen LogP) is 5.71. The van der Waals surface area contributed by atoms with Crippen molar-refractivity contribution in [3.8, 4) is 11.4 Å². The number of aromatic nitrogens is 4. The summed E-state index contributed by atoms with van der Waals surface area (Å²) in [5.74, 6) is 0.712. The third-order valence-corrected chi connectivity index (χ3v) is 5.93. The van der Waals surface area contributed by atoms with Crippen molar-refractivity contribution in [3.05, 3.63) is 44.3 Å². The van der Waals surface area contributed by atoms with E-state index in [9.17, 15) is 0 Å². The second-order valence-electron chi connectivity index (χ2n) is 6.27. The van der Waals surface area contributed by atoms with Crippen molar-refractivity contribution in [2.45, 2.75) is 26.7 Å². The van der Waals surface area contributed by atoms with Crippen molar-refractivity contribution in [1.82, 2.24) is 19.5 Å². The third kappa shape index (κ3) is 2.68. The average Bonchev–Trinajstić information content (AvgIpc) is 3.14. The number of nitrogens with zero attached hydrogens (tertiary/aromatic N) is 3. The maximum absolute atomic E-state index is 6.49. The van der Waals surface area contributed by atoms with Crippen molar-refractivity contribution in [3.63, 3.8) is 0 Å². The van der Waals surface area contributed by atoms with E-state index in [1.165, 1.54) is 0 Å². The number of allylic oxidation sites excluding steroid dienone is 4. The summed E-state index contributed by atoms with van der Waals surface area (Å²) in [6, 6.07) is 2.06. The first-order valence-corrected chi connectivity index (χ1v) is 9.67. The Morgan fingerprint density at radius 3 is 2.81 bits per heavy atom. The van der Waals surface area contributed by atoms with E-state index in [1.807, 2.05) is 19.9 Å². The van der Waals surface area contributed by atoms with Gasteiger partial charge in [0.25, 0.3) is 0 Å². The Morgan fingerprint density at radius 1 is 1.31 bits per heavy atom. The molecule has 3 N–H and O–H groups in total. The Bertz CT molecular complexity index is 1110. The molecule has 0 unspecified atom stereocenters. The molecule has 0 spiro atoms. The molecule has 0 fully saturated rings. The van der Waals surface area contributed by atoms with Crippen LogP contribution in [0.1, 0.15) is 24.2 Å². The molecular formula is C18H16BrCl2N5. The number of imidazole rings is 1. The number of rotatable bonds is 2. The molecule has 0 radical (unpaired) electrons. The lowest BCUT2D eigenvalue weighted by Crippen LogP contribution is -2.06. The molecule has 26 heavy (non-hydrogen) atoms. The first kappa shape index (κ1) is 17.6. The van der Waals surface area contributed by atoms with E-state index >= 15 is 0 Å². The largest absolute Gasteiger partial charge is 0.396 e. The third-order valence-electron chi connectivity index (χ3n) is 4.59. The van der Waals surface area contributed by atoms with Crippen molar-refractivity contribution < 1.29 is 0 Å². The molecule has 0 aliphatic heterocycles. The Labute approximate surface area is 169 Å². The van der Waals surface area contributed by atoms with E-state index in [1.54, 1.807) is 6.20 Å². The lowest BCUT2D eigenvalue weighted by atomic mass is 10.1. The average molecular weight is 453 g/mol. The molecule has 0 amide bonds. The van der Waals surface area contributed by atoms with Gasteiger partial charge in [0.05, 0.1) is 20.9 Å². The van der Waals surface area contributed by atoms with Crippen LogP contribution in [0.5, 0.6) is 0 Å². The normalized spacial score (nSPS) is 15.0. The van der Waals surface area contributed by atoms with Crippen LogP contribution in [-0.2, 0) is 0 Å². The van der Waals surface area contributed by atoms with Crippen LogP contribution >= 0.6 is 39.1 Å². The molecule has 3 heterocycles. The van der Waals surface area contributed by atoms with Gasteiger partial charge in [-0.2, -0.15) is 0 Å². The first-order chi connectivity index (χ1) is 12.4. The van der Waals surface area contributed by atoms with Gasteiger partial charge in [0.1, 0.15) is 11.3 Å². The highest BCUT2D eigenvalue weighted by molar-refractivity contribution is 9.10. The molecule has 1 aliphatic carbocycles. The van der Waals surface area contributed by atoms with E-state index in [0.29, 0.717) is 27.7 Å². The van der Waals surface area contributed by atoms with E-state index < -0.39 is 0 Å². The number of hydrogen-bond acceptors (Lipinski definition) is 3. The number of nitrogens with two attached hydrogens (primary N) is 1. The van der Waals surface area contributed by atoms with Gasteiger partial charge in [-0.3, -0.25) is 0 Å². The van der Waals surface area contributed by atoms with Gasteiger partial charge in [0.15, 0.2) is 5.65 Å². The summed E-state index contributed by atoms with van der Waals surface area (Å²) in [6.45, 7) is 4.05. The van der Waals surface area contributed by atoms with E-state index in [0.717, 1.165) is 45.0 Å². The van der Waals surface area contributed by atoms with Gasteiger partial charge < -0.3 is 15.3 Å². The van der Waals surface area contributed by atoms with Gasteiger partial charge in [-0.1, -0.05) is 29.3 Å². The second-order valence-corrected chi connectivity index (χ2v) is 7.99. The zero-order valence-corrected chi connectivity index (χ0v) is 17.3. The first-order valence-electron chi connectivity index (χ1n) is 8.12. The number of aryl methyl sites for hydroxylation is 1. The van der Waals surface area contributed by atoms with Gasteiger partial charge in [-0.05, 0) is 48.7 Å². The van der Waals surface area contributed by atoms with Crippen LogP contribution in [0.2, 0.25) is 0 Å². The molecular weight excluding hydrogens is 437 g/mol. The van der Waals surface area contributed by atoms with E-state index in [2.05, 4.69) is 41.5 Å². The minimum absolute atomic E-state index is 0.582. The molecule has 0 aromatic carbocycles. The minimum atomic E-state index is 0.582. The smallest absolute Gasteiger partial charge is 0.180 e. The molecule has 0 saturated carbocycles. The van der Waals surface area contributed by atoms with Crippen LogP contribution in [0.15, 0.2) is 32.9 Å². The summed E-state index contributed by atoms with van der Waals surface area (Å²) >= 11 is 16.3. The summed E-state index contributed by atoms with van der Waals surface area (Å²) in [5, 5.41) is 1.44. The topological polar surface area (TPSA) is 72.5 Å². The molecule has 1 aliphatic rings. The van der Waals surface area contributed by atoms with Crippen molar-refractivity contribution in [2.24, 2.45) is 0 Å². The second kappa shape index (κ2) is 6.44. The standard InChI is InChI=1S/C18H16BrCl2N5/c1-8-6-10(9(2)26(8)16-12(20)4-3-5-13(16)21)17-24-15-14(22)11(19)7-23-18(15)25-17/h4,6-7H,3,5H2,1-2H3,(H3,22,23,24,25). The Balaban J connectivity index is 1.90. The number of H-pyrrole nitrogens is 1. The van der Waals surface area contributed by atoms with Gasteiger partial charge in [-0.25, -0.2) is 9.97 Å². The Hall–Kier alpha value is -1.76. The summed E-state index contributed by atoms with van der Waals surface area (Å²) < 4.78 is 2.82. The molecule has 5 nitrogen and oxygen atoms in total. The molecule has 3 aromatic rings. The Kier molecular flexibility index (Phi) is 4.37. The Morgan fingerprint density at radius 2 is 2.08 bits per heavy atom. The zero-order chi connectivity index (χ0) is 18.6. The fourth-order valence-corrected chi connectivity index (χ4v) is 4.28. The number of nitrogens with one attached hydrogen (secondary N) is 1. The highest BCUT2D eigenvalue weighted by atomic mass is 79.9. The number of nitrogen functional groups attached to an aromatic ring is 1. The monoisotopic (exact) mass is 451 g/mol. The van der Waals surface area contributed by atoms with Gasteiger partial charge in [0, 0.05) is 28.2 Å². The molecule has 4 rings (SSSR count). The summed E-state index contributed by atoms with van der Waals surface area (Å²) in [4.78, 5) is 12.2. The molecule has 134 valence electrons. The summed E-state index contributed by atoms with van der Waals surface area (Å²) in [7, 11) is 0. The lowest BCUT2D eigenvalue weighted by molar-refractivity contribution is 0.939. The van der Waals surface area contributed by atoms with Crippen LogP contribution < -0.4 is 5.73 Å². The maximum Gasteiger partial charge on any atom is 0.180 e. The SMILES string of the molecule is Cc1cc(-c2nc3ncc(Br)c(N)c3[nH]2)c(C)n1C1=C(Cl)CCC=C1Cl. The van der Waals surface area contributed by atoms with Gasteiger partial charge in [0.2, 0.25) is 0 Å². The number of hydrogen-bond donors (Lipinski definition) is 2. The molecule has 0 bridgehead atoms. The van der Waals surface area contributed by atoms with E-state index in [4.69, 9.17) is 28.9 Å². The van der Waals surface area contributed by atoms with Gasteiger partial charge in [-0.15, -0.1) is 0 Å². The highest BCUT2D eigenvalue weighted by Crippen LogP contribution is 2.38. The van der Waals surface area contributed by atoms with Crippen LogP contribution in [0.3, 0.4) is 0 Å². The highest BCUT2D eigenvalue weighted by Gasteiger charge is 2.22. The maximum atomic E-state index is 6.49. The van der Waals surface area contributed by atoms with Gasteiger partial charge >= 0.3 is 0 Å². The fourth-order valence-electron chi connectivity index (χ4n) is 3.32. The number of halogens is 3. The van der Waals surface area contributed by atoms with Crippen LogP contribution in [0.4, 0.5) is 5.69 Å². The number of aromatic amines is 1. The van der Waals surface area contributed by atoms with Crippen LogP contribution in [-0.4, -0.2) is 19.5 Å². The summed E-state index contributed by atoms with van der Waals surface area (Å²) in [6.07, 6.45) is 5.31. The minimum Gasteiger partial charge on any atom is -0.396 e. The van der Waals surface area contributed by atoms with Crippen molar-refractivity contribution in [1.29, 1.82) is 0 Å². The van der Waals surface area contributed by atoms with Crippen LogP contribution in [0, 0.1) is 13.8 Å². The molecule has 0 saturated heterocycles. The van der Waals surface area contributed by atoms with Crippen molar-refractivity contribution in [2.75, 3.05) is 5.73 Å². The molecule has 3 aromatic heterocycles. The predicted molar refractivity (Wildman–Crippen MR) is 111 cm³/mol. The summed E-state index contributed by atoms with van der Waals surface area (Å²) in [5.41, 5.74) is 11.8. The number of pyridine rings is 1. The number of fused-ring (bicyclic) bond motifs is 1. The quantitative estimate of drug-likeness (QED) is 0.522. The molecule has 8 heteroatoms.